The molecule has 0 saturated heterocycles. The fraction of sp³-hybridized carbons (Fsp3) is 0.211. The Bertz CT molecular complexity index is 967. The number of benzene rings is 2. The molecule has 0 aliphatic heterocycles. The molecule has 134 valence electrons. The van der Waals surface area contributed by atoms with Crippen molar-refractivity contribution in [1.82, 2.24) is 14.9 Å². The minimum absolute atomic E-state index is 0.0605. The van der Waals surface area contributed by atoms with Gasteiger partial charge in [0, 0.05) is 6.92 Å². The van der Waals surface area contributed by atoms with Gasteiger partial charge in [0.05, 0.1) is 27.8 Å². The van der Waals surface area contributed by atoms with Crippen LogP contribution in [0.3, 0.4) is 0 Å². The number of aromatic nitrogens is 2. The van der Waals surface area contributed by atoms with E-state index >= 15 is 0 Å². The van der Waals surface area contributed by atoms with Gasteiger partial charge in [0.15, 0.2) is 0 Å². The van der Waals surface area contributed by atoms with Crippen molar-refractivity contribution >= 4 is 40.1 Å². The van der Waals surface area contributed by atoms with Crippen LogP contribution in [0.15, 0.2) is 48.5 Å². The molecule has 0 aliphatic carbocycles. The van der Waals surface area contributed by atoms with Gasteiger partial charge in [-0.1, -0.05) is 35.9 Å². The number of carbonyl (C=O) groups is 2. The summed E-state index contributed by atoms with van der Waals surface area (Å²) in [6, 6.07) is 14.3. The summed E-state index contributed by atoms with van der Waals surface area (Å²) in [5.74, 6) is 0.241. The Kier molecular flexibility index (Phi) is 5.23. The lowest BCUT2D eigenvalue weighted by Crippen LogP contribution is -2.28. The number of rotatable bonds is 5. The van der Waals surface area contributed by atoms with Crippen LogP contribution in [-0.2, 0) is 16.1 Å². The van der Waals surface area contributed by atoms with Gasteiger partial charge >= 0.3 is 0 Å². The van der Waals surface area contributed by atoms with Gasteiger partial charge in [0.1, 0.15) is 12.4 Å². The molecule has 26 heavy (non-hydrogen) atoms. The van der Waals surface area contributed by atoms with E-state index in [2.05, 4.69) is 15.6 Å². The highest BCUT2D eigenvalue weighted by atomic mass is 35.5. The number of nitrogens with zero attached hydrogens (tertiary/aromatic N) is 2. The average molecular weight is 371 g/mol. The van der Waals surface area contributed by atoms with Gasteiger partial charge in [-0.3, -0.25) is 9.59 Å². The second kappa shape index (κ2) is 7.58. The molecule has 0 radical (unpaired) electrons. The highest BCUT2D eigenvalue weighted by molar-refractivity contribution is 6.33. The highest BCUT2D eigenvalue weighted by Gasteiger charge is 2.19. The number of halogens is 1. The molecule has 0 fully saturated rings. The normalized spacial score (nSPS) is 12.0. The maximum atomic E-state index is 12.6. The predicted octanol–water partition coefficient (Wildman–Crippen LogP) is 3.53. The first-order valence-corrected chi connectivity index (χ1v) is 8.60. The molecule has 3 rings (SSSR count). The van der Waals surface area contributed by atoms with E-state index in [1.54, 1.807) is 24.3 Å². The van der Waals surface area contributed by atoms with E-state index < -0.39 is 0 Å². The summed E-state index contributed by atoms with van der Waals surface area (Å²) >= 11 is 6.10. The van der Waals surface area contributed by atoms with Crippen molar-refractivity contribution in [3.8, 4) is 0 Å². The fourth-order valence-electron chi connectivity index (χ4n) is 2.86. The van der Waals surface area contributed by atoms with Gasteiger partial charge in [-0.05, 0) is 31.2 Å². The molecule has 6 nitrogen and oxygen atoms in total. The summed E-state index contributed by atoms with van der Waals surface area (Å²) in [6.45, 7) is 3.35. The Balaban J connectivity index is 1.91. The third-order valence-corrected chi connectivity index (χ3v) is 4.27. The third-order valence-electron chi connectivity index (χ3n) is 3.94. The van der Waals surface area contributed by atoms with Gasteiger partial charge in [0.2, 0.25) is 11.8 Å². The number of fused-ring (bicyclic) bond motifs is 1. The third kappa shape index (κ3) is 3.86. The highest BCUT2D eigenvalue weighted by Crippen LogP contribution is 2.23. The lowest BCUT2D eigenvalue weighted by molar-refractivity contribution is -0.119. The fourth-order valence-corrected chi connectivity index (χ4v) is 3.04. The monoisotopic (exact) mass is 370 g/mol. The summed E-state index contributed by atoms with van der Waals surface area (Å²) in [5, 5.41) is 6.11. The molecule has 0 bridgehead atoms. The molecule has 7 heteroatoms. The molecule has 1 atom stereocenters. The topological polar surface area (TPSA) is 76.0 Å². The first kappa shape index (κ1) is 17.9. The lowest BCUT2D eigenvalue weighted by Gasteiger charge is -2.15. The summed E-state index contributed by atoms with van der Waals surface area (Å²) in [4.78, 5) is 28.6. The molecule has 2 amide bonds. The summed E-state index contributed by atoms with van der Waals surface area (Å²) in [7, 11) is 0. The maximum absolute atomic E-state index is 12.6. The van der Waals surface area contributed by atoms with Gasteiger partial charge in [-0.2, -0.15) is 0 Å². The molecule has 2 N–H and O–H groups in total. The lowest BCUT2D eigenvalue weighted by atomic mass is 10.3. The molecule has 0 aliphatic rings. The van der Waals surface area contributed by atoms with E-state index in [1.807, 2.05) is 35.8 Å². The quantitative estimate of drug-likeness (QED) is 0.721. The standard InChI is InChI=1S/C19H19ClN4O2/c1-12(21-13(2)25)19-23-16-9-5-6-10-17(16)24(19)11-18(26)22-15-8-4-3-7-14(15)20/h3-10,12H,11H2,1-2H3,(H,21,25)(H,22,26). The molecule has 2 aromatic carbocycles. The molecule has 1 unspecified atom stereocenters. The average Bonchev–Trinajstić information content (AvgIpc) is 2.95. The van der Waals surface area contributed by atoms with Crippen LogP contribution in [0.5, 0.6) is 0 Å². The number of carbonyl (C=O) groups excluding carboxylic acids is 2. The van der Waals surface area contributed by atoms with Crippen LogP contribution in [0.4, 0.5) is 5.69 Å². The minimum atomic E-state index is -0.326. The van der Waals surface area contributed by atoms with Gasteiger partial charge in [-0.15, -0.1) is 0 Å². The first-order chi connectivity index (χ1) is 12.5. The maximum Gasteiger partial charge on any atom is 0.244 e. The SMILES string of the molecule is CC(=O)NC(C)c1nc2ccccc2n1CC(=O)Nc1ccccc1Cl. The first-order valence-electron chi connectivity index (χ1n) is 8.22. The van der Waals surface area contributed by atoms with Gasteiger partial charge < -0.3 is 15.2 Å². The Labute approximate surface area is 156 Å². The molecule has 0 saturated carbocycles. The number of nitrogens with one attached hydrogen (secondary N) is 2. The van der Waals surface area contributed by atoms with Crippen LogP contribution in [0.25, 0.3) is 11.0 Å². The van der Waals surface area contributed by atoms with E-state index in [1.165, 1.54) is 6.92 Å². The number of amides is 2. The van der Waals surface area contributed by atoms with Crippen molar-refractivity contribution in [3.63, 3.8) is 0 Å². The molecule has 0 spiro atoms. The van der Waals surface area contributed by atoms with Crippen LogP contribution in [0.2, 0.25) is 5.02 Å². The van der Waals surface area contributed by atoms with Crippen LogP contribution in [0, 0.1) is 0 Å². The zero-order valence-corrected chi connectivity index (χ0v) is 15.2. The van der Waals surface area contributed by atoms with Crippen molar-refractivity contribution < 1.29 is 9.59 Å². The summed E-state index contributed by atoms with van der Waals surface area (Å²) in [6.07, 6.45) is 0. The van der Waals surface area contributed by atoms with Crippen molar-refractivity contribution in [2.45, 2.75) is 26.4 Å². The van der Waals surface area contributed by atoms with Gasteiger partial charge in [0.25, 0.3) is 0 Å². The predicted molar refractivity (Wildman–Crippen MR) is 102 cm³/mol. The number of anilines is 1. The Hall–Kier alpha value is -2.86. The van der Waals surface area contributed by atoms with Gasteiger partial charge in [-0.25, -0.2) is 4.98 Å². The van der Waals surface area contributed by atoms with Crippen molar-refractivity contribution in [2.75, 3.05) is 5.32 Å². The zero-order valence-electron chi connectivity index (χ0n) is 14.5. The molecule has 1 aromatic heterocycles. The number of hydrogen-bond acceptors (Lipinski definition) is 3. The second-order valence-electron chi connectivity index (χ2n) is 6.00. The number of para-hydroxylation sites is 3. The van der Waals surface area contributed by atoms with Crippen LogP contribution in [0.1, 0.15) is 25.7 Å². The van der Waals surface area contributed by atoms with Crippen molar-refractivity contribution in [3.05, 3.63) is 59.4 Å². The largest absolute Gasteiger partial charge is 0.347 e. The van der Waals surface area contributed by atoms with E-state index in [9.17, 15) is 9.59 Å². The minimum Gasteiger partial charge on any atom is -0.347 e. The smallest absolute Gasteiger partial charge is 0.244 e. The molecule has 1 heterocycles. The Morgan fingerprint density at radius 1 is 1.15 bits per heavy atom. The second-order valence-corrected chi connectivity index (χ2v) is 6.40. The van der Waals surface area contributed by atoms with E-state index in [-0.39, 0.29) is 24.4 Å². The van der Waals surface area contributed by atoms with Crippen molar-refractivity contribution in [2.24, 2.45) is 0 Å². The van der Waals surface area contributed by atoms with Crippen LogP contribution >= 0.6 is 11.6 Å². The Morgan fingerprint density at radius 3 is 2.58 bits per heavy atom. The zero-order chi connectivity index (χ0) is 18.7. The van der Waals surface area contributed by atoms with E-state index in [4.69, 9.17) is 11.6 Å². The Morgan fingerprint density at radius 2 is 1.85 bits per heavy atom. The van der Waals surface area contributed by atoms with E-state index in [0.717, 1.165) is 11.0 Å². The van der Waals surface area contributed by atoms with Crippen LogP contribution < -0.4 is 10.6 Å². The van der Waals surface area contributed by atoms with Crippen molar-refractivity contribution in [1.29, 1.82) is 0 Å². The van der Waals surface area contributed by atoms with Crippen LogP contribution in [-0.4, -0.2) is 21.4 Å². The summed E-state index contributed by atoms with van der Waals surface area (Å²) in [5.41, 5.74) is 2.15. The molecular formula is C19H19ClN4O2. The molecule has 3 aromatic rings. The summed E-state index contributed by atoms with van der Waals surface area (Å²) < 4.78 is 1.81. The molecular weight excluding hydrogens is 352 g/mol. The number of imidazole rings is 1. The van der Waals surface area contributed by atoms with E-state index in [0.29, 0.717) is 16.5 Å². The number of hydrogen-bond donors (Lipinski definition) is 2.